The summed E-state index contributed by atoms with van der Waals surface area (Å²) in [5.74, 6) is 0.678. The fraction of sp³-hybridized carbons (Fsp3) is 0.405. The minimum Gasteiger partial charge on any atom is -0.497 e. The van der Waals surface area contributed by atoms with Gasteiger partial charge in [-0.1, -0.05) is 74.0 Å². The Morgan fingerprint density at radius 2 is 1.61 bits per heavy atom. The molecule has 6 rings (SSSR count). The van der Waals surface area contributed by atoms with Gasteiger partial charge in [-0.05, 0) is 76.0 Å². The summed E-state index contributed by atoms with van der Waals surface area (Å²) in [6, 6.07) is 27.0. The zero-order valence-electron chi connectivity index (χ0n) is 26.0. The third kappa shape index (κ3) is 7.09. The molecule has 2 aliphatic rings. The number of hydrogen-bond donors (Lipinski definition) is 1. The second-order valence-electron chi connectivity index (χ2n) is 12.0. The number of hydrogen-bond acceptors (Lipinski definition) is 5. The van der Waals surface area contributed by atoms with Gasteiger partial charge in [0.05, 0.1) is 29.9 Å². The zero-order chi connectivity index (χ0) is 29.6. The van der Waals surface area contributed by atoms with Gasteiger partial charge in [0.25, 0.3) is 5.91 Å². The molecule has 0 unspecified atom stereocenters. The van der Waals surface area contributed by atoms with Crippen molar-refractivity contribution < 1.29 is 9.53 Å². The molecule has 2 fully saturated rings. The van der Waals surface area contributed by atoms with Gasteiger partial charge >= 0.3 is 0 Å². The molecule has 2 saturated heterocycles. The molecule has 3 aromatic carbocycles. The molecule has 3 heterocycles. The summed E-state index contributed by atoms with van der Waals surface area (Å²) in [7, 11) is 1.67. The third-order valence-corrected chi connectivity index (χ3v) is 9.33. The van der Waals surface area contributed by atoms with Crippen LogP contribution in [0.2, 0.25) is 0 Å². The summed E-state index contributed by atoms with van der Waals surface area (Å²) in [6.45, 7) is 7.35. The lowest BCUT2D eigenvalue weighted by molar-refractivity contribution is 0.0883. The molecular weight excluding hydrogens is 568 g/mol. The summed E-state index contributed by atoms with van der Waals surface area (Å²) in [5, 5.41) is 4.26. The Balaban J connectivity index is 0.00000384. The molecule has 0 saturated carbocycles. The number of nitrogens with zero attached hydrogens (tertiary/aromatic N) is 3. The number of pyridine rings is 1. The average molecular weight is 613 g/mol. The van der Waals surface area contributed by atoms with Crippen LogP contribution in [-0.2, 0) is 6.54 Å². The van der Waals surface area contributed by atoms with Crippen LogP contribution in [0, 0.1) is 0 Å². The molecule has 0 aliphatic carbocycles. The van der Waals surface area contributed by atoms with Crippen molar-refractivity contribution in [2.75, 3.05) is 33.3 Å². The maximum Gasteiger partial charge on any atom is 0.252 e. The number of ether oxygens (including phenoxy) is 1. The van der Waals surface area contributed by atoms with Gasteiger partial charge in [-0.25, -0.2) is 4.98 Å². The van der Waals surface area contributed by atoms with Crippen LogP contribution in [0.4, 0.5) is 0 Å². The second kappa shape index (κ2) is 15.0. The highest BCUT2D eigenvalue weighted by molar-refractivity contribution is 6.09. The number of piperidine rings is 2. The fourth-order valence-electron chi connectivity index (χ4n) is 6.95. The SMILES string of the molecule is CC[C@H](NC(=O)c1c(CN2CCC(N3CCCCC3)CC2)c(-c2ccccc2)nc2cc(OC)ccc12)c1ccccc1.Cl. The van der Waals surface area contributed by atoms with Crippen LogP contribution in [0.15, 0.2) is 78.9 Å². The van der Waals surface area contributed by atoms with Gasteiger partial charge in [0.15, 0.2) is 0 Å². The van der Waals surface area contributed by atoms with Crippen molar-refractivity contribution in [2.45, 2.75) is 64.1 Å². The van der Waals surface area contributed by atoms with E-state index >= 15 is 0 Å². The van der Waals surface area contributed by atoms with E-state index in [1.807, 2.05) is 54.6 Å². The summed E-state index contributed by atoms with van der Waals surface area (Å²) in [6.07, 6.45) is 7.17. The zero-order valence-corrected chi connectivity index (χ0v) is 26.8. The number of rotatable bonds is 9. The standard InChI is InChI=1S/C37H44N4O2.ClH/c1-3-33(27-13-7-4-8-14-27)39-37(42)35-31-18-17-30(43-2)25-34(31)38-36(28-15-9-5-10-16-28)32(35)26-40-23-19-29(20-24-40)41-21-11-6-12-22-41;/h4-5,7-10,13-18,25,29,33H,3,6,11-12,19-24,26H2,1-2H3,(H,39,42);1H/t33-;/m0./s1. The first-order valence-corrected chi connectivity index (χ1v) is 16.0. The van der Waals surface area contributed by atoms with Crippen molar-refractivity contribution in [3.05, 3.63) is 95.6 Å². The van der Waals surface area contributed by atoms with E-state index in [0.29, 0.717) is 12.6 Å². The number of halogens is 1. The van der Waals surface area contributed by atoms with Gasteiger partial charge in [0.1, 0.15) is 5.75 Å². The first-order chi connectivity index (χ1) is 21.1. The molecule has 1 atom stereocenters. The normalized spacial score (nSPS) is 17.1. The number of nitrogens with one attached hydrogen (secondary N) is 1. The Labute approximate surface area is 268 Å². The molecule has 0 radical (unpaired) electrons. The Morgan fingerprint density at radius 3 is 2.27 bits per heavy atom. The number of carbonyl (C=O) groups excluding carboxylic acids is 1. The van der Waals surface area contributed by atoms with Crippen LogP contribution >= 0.6 is 12.4 Å². The van der Waals surface area contributed by atoms with Crippen molar-refractivity contribution in [1.29, 1.82) is 0 Å². The van der Waals surface area contributed by atoms with Crippen LogP contribution in [0.5, 0.6) is 5.75 Å². The predicted molar refractivity (Wildman–Crippen MR) is 182 cm³/mol. The van der Waals surface area contributed by atoms with Crippen LogP contribution in [0.1, 0.15) is 73.0 Å². The van der Waals surface area contributed by atoms with E-state index in [1.54, 1.807) is 7.11 Å². The van der Waals surface area contributed by atoms with Crippen LogP contribution in [-0.4, -0.2) is 60.0 Å². The number of fused-ring (bicyclic) bond motifs is 1. The Morgan fingerprint density at radius 1 is 0.932 bits per heavy atom. The smallest absolute Gasteiger partial charge is 0.252 e. The molecule has 44 heavy (non-hydrogen) atoms. The van der Waals surface area contributed by atoms with Gasteiger partial charge in [-0.15, -0.1) is 12.4 Å². The van der Waals surface area contributed by atoms with E-state index in [9.17, 15) is 4.79 Å². The Kier molecular flexibility index (Phi) is 10.9. The van der Waals surface area contributed by atoms with Gasteiger partial charge in [0, 0.05) is 35.2 Å². The minimum atomic E-state index is -0.0801. The number of carbonyl (C=O) groups is 1. The van der Waals surface area contributed by atoms with Crippen LogP contribution < -0.4 is 10.1 Å². The van der Waals surface area contributed by atoms with Crippen LogP contribution in [0.25, 0.3) is 22.2 Å². The molecule has 232 valence electrons. The summed E-state index contributed by atoms with van der Waals surface area (Å²) in [4.78, 5) is 24.9. The molecule has 0 spiro atoms. The molecule has 1 amide bonds. The summed E-state index contributed by atoms with van der Waals surface area (Å²) in [5.41, 5.74) is 5.50. The monoisotopic (exact) mass is 612 g/mol. The largest absolute Gasteiger partial charge is 0.497 e. The van der Waals surface area contributed by atoms with E-state index in [2.05, 4.69) is 46.3 Å². The van der Waals surface area contributed by atoms with Crippen molar-refractivity contribution >= 4 is 29.2 Å². The van der Waals surface area contributed by atoms with Gasteiger partial charge in [-0.2, -0.15) is 0 Å². The number of likely N-dealkylation sites (tertiary alicyclic amines) is 2. The second-order valence-corrected chi connectivity index (χ2v) is 12.0. The third-order valence-electron chi connectivity index (χ3n) is 9.33. The van der Waals surface area contributed by atoms with Crippen molar-refractivity contribution in [3.8, 4) is 17.0 Å². The maximum absolute atomic E-state index is 14.5. The summed E-state index contributed by atoms with van der Waals surface area (Å²) >= 11 is 0. The van der Waals surface area contributed by atoms with Crippen molar-refractivity contribution in [1.82, 2.24) is 20.1 Å². The first kappa shape index (κ1) is 32.0. The Hall–Kier alpha value is -3.45. The molecule has 6 nitrogen and oxygen atoms in total. The number of methoxy groups -OCH3 is 1. The van der Waals surface area contributed by atoms with E-state index in [4.69, 9.17) is 9.72 Å². The predicted octanol–water partition coefficient (Wildman–Crippen LogP) is 7.66. The van der Waals surface area contributed by atoms with E-state index in [-0.39, 0.29) is 24.4 Å². The molecule has 7 heteroatoms. The van der Waals surface area contributed by atoms with Crippen molar-refractivity contribution in [3.63, 3.8) is 0 Å². The molecule has 4 aromatic rings. The van der Waals surface area contributed by atoms with Gasteiger partial charge in [0.2, 0.25) is 0 Å². The van der Waals surface area contributed by atoms with Crippen molar-refractivity contribution in [2.24, 2.45) is 0 Å². The number of benzene rings is 3. The van der Waals surface area contributed by atoms with E-state index in [0.717, 1.165) is 64.1 Å². The molecule has 2 aliphatic heterocycles. The number of amides is 1. The Bertz CT molecular complexity index is 1520. The van der Waals surface area contributed by atoms with Crippen LogP contribution in [0.3, 0.4) is 0 Å². The minimum absolute atomic E-state index is 0. The lowest BCUT2D eigenvalue weighted by atomic mass is 9.93. The highest BCUT2D eigenvalue weighted by Gasteiger charge is 2.29. The molecule has 1 aromatic heterocycles. The number of aromatic nitrogens is 1. The molecule has 1 N–H and O–H groups in total. The maximum atomic E-state index is 14.5. The fourth-order valence-corrected chi connectivity index (χ4v) is 6.95. The van der Waals surface area contributed by atoms with E-state index in [1.165, 1.54) is 45.2 Å². The average Bonchev–Trinajstić information content (AvgIpc) is 3.08. The highest BCUT2D eigenvalue weighted by Crippen LogP contribution is 2.34. The topological polar surface area (TPSA) is 57.7 Å². The van der Waals surface area contributed by atoms with Gasteiger partial charge in [-0.3, -0.25) is 9.69 Å². The quantitative estimate of drug-likeness (QED) is 0.210. The molecule has 0 bridgehead atoms. The molecular formula is C37H45ClN4O2. The lowest BCUT2D eigenvalue weighted by Crippen LogP contribution is -2.46. The lowest BCUT2D eigenvalue weighted by Gasteiger charge is -2.40. The first-order valence-electron chi connectivity index (χ1n) is 16.0. The van der Waals surface area contributed by atoms with E-state index < -0.39 is 0 Å². The highest BCUT2D eigenvalue weighted by atomic mass is 35.5. The summed E-state index contributed by atoms with van der Waals surface area (Å²) < 4.78 is 5.57. The van der Waals surface area contributed by atoms with Gasteiger partial charge < -0.3 is 15.0 Å².